The Hall–Kier alpha value is -1.09. The highest BCUT2D eigenvalue weighted by molar-refractivity contribution is 5.34. The van der Waals surface area contributed by atoms with Crippen LogP contribution in [-0.4, -0.2) is 11.7 Å². The van der Waals surface area contributed by atoms with Crippen molar-refractivity contribution in [3.63, 3.8) is 0 Å². The van der Waals surface area contributed by atoms with Crippen LogP contribution in [0.5, 0.6) is 5.75 Å². The average Bonchev–Trinajstić information content (AvgIpc) is 3.17. The maximum Gasteiger partial charge on any atom is 0.126 e. The number of nitrogens with one attached hydrogen (secondary N) is 1. The van der Waals surface area contributed by atoms with Crippen molar-refractivity contribution in [2.24, 2.45) is 11.3 Å². The van der Waals surface area contributed by atoms with E-state index in [1.165, 1.54) is 37.8 Å². The van der Waals surface area contributed by atoms with E-state index in [1.807, 2.05) is 6.92 Å². The van der Waals surface area contributed by atoms with Gasteiger partial charge >= 0.3 is 0 Å². The Morgan fingerprint density at radius 2 is 2.17 bits per heavy atom. The summed E-state index contributed by atoms with van der Waals surface area (Å²) in [6, 6.07) is 4.32. The Morgan fingerprint density at radius 3 is 2.72 bits per heavy atom. The first-order chi connectivity index (χ1) is 8.61. The van der Waals surface area contributed by atoms with E-state index in [9.17, 15) is 9.50 Å². The predicted octanol–water partition coefficient (Wildman–Crippen LogP) is 3.37. The topological polar surface area (TPSA) is 32.3 Å². The summed E-state index contributed by atoms with van der Waals surface area (Å²) in [6.07, 6.45) is 5.45. The van der Waals surface area contributed by atoms with Crippen LogP contribution in [0.1, 0.15) is 44.2 Å². The molecule has 2 fully saturated rings. The zero-order chi connectivity index (χ0) is 12.8. The lowest BCUT2D eigenvalue weighted by molar-refractivity contribution is 0.375. The largest absolute Gasteiger partial charge is 0.508 e. The van der Waals surface area contributed by atoms with Gasteiger partial charge in [-0.05, 0) is 50.0 Å². The zero-order valence-electron chi connectivity index (χ0n) is 10.7. The average molecular weight is 249 g/mol. The Kier molecular flexibility index (Phi) is 2.81. The molecule has 3 heteroatoms. The molecule has 0 spiro atoms. The standard InChI is InChI=1S/C15H20FNO/c1-10(13-5-4-12(16)8-14(13)18)17-9-15(6-7-15)11-2-3-11/h4-5,8,10-11,17-18H,2-3,6-7,9H2,1H3. The molecule has 98 valence electrons. The van der Waals surface area contributed by atoms with Crippen molar-refractivity contribution in [3.8, 4) is 5.75 Å². The molecule has 0 aliphatic heterocycles. The van der Waals surface area contributed by atoms with Gasteiger partial charge in [0.15, 0.2) is 0 Å². The van der Waals surface area contributed by atoms with Gasteiger partial charge in [0.25, 0.3) is 0 Å². The predicted molar refractivity (Wildman–Crippen MR) is 68.9 cm³/mol. The van der Waals surface area contributed by atoms with E-state index < -0.39 is 0 Å². The minimum Gasteiger partial charge on any atom is -0.508 e. The number of halogens is 1. The summed E-state index contributed by atoms with van der Waals surface area (Å²) in [7, 11) is 0. The van der Waals surface area contributed by atoms with Crippen LogP contribution >= 0.6 is 0 Å². The third-order valence-corrected chi connectivity index (χ3v) is 4.55. The van der Waals surface area contributed by atoms with Gasteiger partial charge in [-0.2, -0.15) is 0 Å². The molecule has 2 aliphatic rings. The van der Waals surface area contributed by atoms with Crippen molar-refractivity contribution in [1.82, 2.24) is 5.32 Å². The maximum atomic E-state index is 12.9. The second-order valence-corrected chi connectivity index (χ2v) is 5.94. The van der Waals surface area contributed by atoms with Crippen molar-refractivity contribution in [2.75, 3.05) is 6.54 Å². The monoisotopic (exact) mass is 249 g/mol. The molecule has 0 amide bonds. The van der Waals surface area contributed by atoms with Crippen LogP contribution in [0.15, 0.2) is 18.2 Å². The summed E-state index contributed by atoms with van der Waals surface area (Å²) >= 11 is 0. The van der Waals surface area contributed by atoms with Gasteiger partial charge in [-0.25, -0.2) is 4.39 Å². The molecule has 0 saturated heterocycles. The summed E-state index contributed by atoms with van der Waals surface area (Å²) in [5.41, 5.74) is 1.33. The molecule has 0 aromatic heterocycles. The first-order valence-electron chi connectivity index (χ1n) is 6.82. The van der Waals surface area contributed by atoms with Crippen LogP contribution in [0.3, 0.4) is 0 Å². The summed E-state index contributed by atoms with van der Waals surface area (Å²) in [6.45, 7) is 3.05. The van der Waals surface area contributed by atoms with Gasteiger partial charge in [0.1, 0.15) is 11.6 Å². The van der Waals surface area contributed by atoms with Crippen LogP contribution in [-0.2, 0) is 0 Å². The quantitative estimate of drug-likeness (QED) is 0.838. The molecule has 2 N–H and O–H groups in total. The SMILES string of the molecule is CC(NCC1(C2CC2)CC1)c1ccc(F)cc1O. The highest BCUT2D eigenvalue weighted by Crippen LogP contribution is 2.61. The number of rotatable bonds is 5. The number of hydrogen-bond donors (Lipinski definition) is 2. The Bertz CT molecular complexity index is 452. The van der Waals surface area contributed by atoms with E-state index in [1.54, 1.807) is 6.07 Å². The van der Waals surface area contributed by atoms with Crippen LogP contribution in [0.2, 0.25) is 0 Å². The summed E-state index contributed by atoms with van der Waals surface area (Å²) in [4.78, 5) is 0. The first kappa shape index (κ1) is 12.0. The third kappa shape index (κ3) is 2.24. The zero-order valence-corrected chi connectivity index (χ0v) is 10.7. The number of phenolic OH excluding ortho intramolecular Hbond substituents is 1. The molecule has 2 nitrogen and oxygen atoms in total. The van der Waals surface area contributed by atoms with Crippen molar-refractivity contribution < 1.29 is 9.50 Å². The minimum atomic E-state index is -0.389. The molecule has 2 saturated carbocycles. The van der Waals surface area contributed by atoms with Crippen molar-refractivity contribution in [3.05, 3.63) is 29.6 Å². The molecule has 1 unspecified atom stereocenters. The van der Waals surface area contributed by atoms with Gasteiger partial charge in [0.2, 0.25) is 0 Å². The molecule has 3 rings (SSSR count). The third-order valence-electron chi connectivity index (χ3n) is 4.55. The van der Waals surface area contributed by atoms with E-state index in [2.05, 4.69) is 5.32 Å². The molecule has 0 heterocycles. The Balaban J connectivity index is 1.62. The molecule has 2 aliphatic carbocycles. The highest BCUT2D eigenvalue weighted by atomic mass is 19.1. The van der Waals surface area contributed by atoms with Crippen molar-refractivity contribution in [1.29, 1.82) is 0 Å². The van der Waals surface area contributed by atoms with Crippen LogP contribution in [0, 0.1) is 17.2 Å². The van der Waals surface area contributed by atoms with Crippen LogP contribution < -0.4 is 5.32 Å². The Labute approximate surface area is 107 Å². The fraction of sp³-hybridized carbons (Fsp3) is 0.600. The second kappa shape index (κ2) is 4.23. The van der Waals surface area contributed by atoms with Gasteiger partial charge in [-0.3, -0.25) is 0 Å². The van der Waals surface area contributed by atoms with Crippen LogP contribution in [0.25, 0.3) is 0 Å². The van der Waals surface area contributed by atoms with Gasteiger partial charge in [0.05, 0.1) is 0 Å². The van der Waals surface area contributed by atoms with Gasteiger partial charge in [-0.15, -0.1) is 0 Å². The van der Waals surface area contributed by atoms with Crippen LogP contribution in [0.4, 0.5) is 4.39 Å². The number of benzene rings is 1. The lowest BCUT2D eigenvalue weighted by Crippen LogP contribution is -2.28. The van der Waals surface area contributed by atoms with E-state index in [0.717, 1.165) is 18.0 Å². The number of aromatic hydroxyl groups is 1. The summed E-state index contributed by atoms with van der Waals surface area (Å²) in [5.74, 6) is 0.588. The highest BCUT2D eigenvalue weighted by Gasteiger charge is 2.53. The molecule has 1 atom stereocenters. The summed E-state index contributed by atoms with van der Waals surface area (Å²) in [5, 5.41) is 13.2. The lowest BCUT2D eigenvalue weighted by Gasteiger charge is -2.20. The fourth-order valence-electron chi connectivity index (χ4n) is 2.93. The van der Waals surface area contributed by atoms with E-state index in [-0.39, 0.29) is 17.6 Å². The Morgan fingerprint density at radius 1 is 1.44 bits per heavy atom. The fourth-order valence-corrected chi connectivity index (χ4v) is 2.93. The van der Waals surface area contributed by atoms with Crippen molar-refractivity contribution >= 4 is 0 Å². The smallest absolute Gasteiger partial charge is 0.126 e. The molecule has 1 aromatic rings. The van der Waals surface area contributed by atoms with Crippen molar-refractivity contribution in [2.45, 2.75) is 38.6 Å². The molecular formula is C15H20FNO. The normalized spacial score (nSPS) is 22.8. The van der Waals surface area contributed by atoms with Gasteiger partial charge < -0.3 is 10.4 Å². The minimum absolute atomic E-state index is 0.0475. The van der Waals surface area contributed by atoms with E-state index in [4.69, 9.17) is 0 Å². The van der Waals surface area contributed by atoms with Gasteiger partial charge in [0, 0.05) is 24.2 Å². The molecule has 1 aromatic carbocycles. The number of phenols is 1. The van der Waals surface area contributed by atoms with Gasteiger partial charge in [-0.1, -0.05) is 6.07 Å². The molecular weight excluding hydrogens is 229 g/mol. The summed E-state index contributed by atoms with van der Waals surface area (Å²) < 4.78 is 12.9. The van der Waals surface area contributed by atoms with E-state index >= 15 is 0 Å². The molecule has 18 heavy (non-hydrogen) atoms. The lowest BCUT2D eigenvalue weighted by atomic mass is 9.99. The van der Waals surface area contributed by atoms with E-state index in [0.29, 0.717) is 5.41 Å². The second-order valence-electron chi connectivity index (χ2n) is 5.94. The molecule has 0 radical (unpaired) electrons. The number of hydrogen-bond acceptors (Lipinski definition) is 2. The first-order valence-corrected chi connectivity index (χ1v) is 6.82. The maximum absolute atomic E-state index is 12.9. The molecule has 0 bridgehead atoms.